The molecule has 0 aliphatic heterocycles. The number of carboxylic acid groups (broad SMARTS) is 1. The van der Waals surface area contributed by atoms with Gasteiger partial charge in [-0.1, -0.05) is 17.7 Å². The van der Waals surface area contributed by atoms with Gasteiger partial charge in [0.1, 0.15) is 17.3 Å². The monoisotopic (exact) mass is 512 g/mol. The molecule has 0 atom stereocenters. The van der Waals surface area contributed by atoms with Gasteiger partial charge in [-0.25, -0.2) is 13.9 Å². The number of carboxylic acids is 1. The molecule has 0 bridgehead atoms. The lowest BCUT2D eigenvalue weighted by molar-refractivity contribution is -0.139. The lowest BCUT2D eigenvalue weighted by Gasteiger charge is -2.18. The Morgan fingerprint density at radius 2 is 1.69 bits per heavy atom. The van der Waals surface area contributed by atoms with Gasteiger partial charge in [0, 0.05) is 16.7 Å². The van der Waals surface area contributed by atoms with Gasteiger partial charge in [-0.05, 0) is 48.5 Å². The van der Waals surface area contributed by atoms with Gasteiger partial charge in [0.25, 0.3) is 0 Å². The molecule has 36 heavy (non-hydrogen) atoms. The van der Waals surface area contributed by atoms with Crippen LogP contribution in [0, 0.1) is 5.82 Å². The zero-order valence-corrected chi connectivity index (χ0v) is 20.4. The van der Waals surface area contributed by atoms with Crippen molar-refractivity contribution in [2.75, 3.05) is 27.9 Å². The van der Waals surface area contributed by atoms with Crippen LogP contribution in [-0.2, 0) is 4.79 Å². The van der Waals surface area contributed by atoms with E-state index in [0.717, 1.165) is 0 Å². The van der Waals surface area contributed by atoms with Crippen LogP contribution in [-0.4, -0.2) is 48.8 Å². The van der Waals surface area contributed by atoms with E-state index in [-0.39, 0.29) is 28.8 Å². The van der Waals surface area contributed by atoms with Crippen LogP contribution in [0.2, 0.25) is 5.02 Å². The highest BCUT2D eigenvalue weighted by Crippen LogP contribution is 2.50. The Morgan fingerprint density at radius 3 is 2.31 bits per heavy atom. The molecule has 4 aromatic rings. The Bertz CT molecular complexity index is 1400. The van der Waals surface area contributed by atoms with Crippen molar-refractivity contribution in [1.82, 2.24) is 9.78 Å². The molecule has 0 saturated carbocycles. The highest BCUT2D eigenvalue weighted by molar-refractivity contribution is 6.30. The Kier molecular flexibility index (Phi) is 7.30. The van der Waals surface area contributed by atoms with E-state index in [9.17, 15) is 14.3 Å². The summed E-state index contributed by atoms with van der Waals surface area (Å²) in [6.07, 6.45) is 0. The minimum Gasteiger partial charge on any atom is -0.493 e. The molecule has 1 N–H and O–H groups in total. The molecule has 0 fully saturated rings. The molecule has 0 aliphatic carbocycles. The van der Waals surface area contributed by atoms with Crippen molar-refractivity contribution < 1.29 is 33.2 Å². The molecule has 186 valence electrons. The summed E-state index contributed by atoms with van der Waals surface area (Å²) in [6, 6.07) is 16.3. The maximum atomic E-state index is 13.7. The number of hydrogen-bond acceptors (Lipinski definition) is 6. The van der Waals surface area contributed by atoms with Gasteiger partial charge in [-0.3, -0.25) is 0 Å². The van der Waals surface area contributed by atoms with Crippen molar-refractivity contribution in [3.05, 3.63) is 71.5 Å². The van der Waals surface area contributed by atoms with Crippen LogP contribution in [0.4, 0.5) is 4.39 Å². The number of methoxy groups -OCH3 is 3. The quantitative estimate of drug-likeness (QED) is 0.317. The Labute approximate surface area is 211 Å². The summed E-state index contributed by atoms with van der Waals surface area (Å²) < 4.78 is 37.5. The van der Waals surface area contributed by atoms with E-state index in [1.807, 2.05) is 6.07 Å². The average molecular weight is 513 g/mol. The topological polar surface area (TPSA) is 92.0 Å². The third-order valence-corrected chi connectivity index (χ3v) is 5.54. The first-order valence-corrected chi connectivity index (χ1v) is 11.0. The van der Waals surface area contributed by atoms with Crippen molar-refractivity contribution in [2.24, 2.45) is 0 Å². The minimum absolute atomic E-state index is 0.160. The van der Waals surface area contributed by atoms with Gasteiger partial charge >= 0.3 is 5.97 Å². The van der Waals surface area contributed by atoms with Crippen molar-refractivity contribution in [3.8, 4) is 51.2 Å². The van der Waals surface area contributed by atoms with Crippen LogP contribution in [0.3, 0.4) is 0 Å². The van der Waals surface area contributed by atoms with E-state index in [2.05, 4.69) is 0 Å². The number of carbonyl (C=O) groups is 1. The second-order valence-corrected chi connectivity index (χ2v) is 7.95. The van der Waals surface area contributed by atoms with Gasteiger partial charge in [-0.15, -0.1) is 0 Å². The number of aliphatic carboxylic acids is 1. The van der Waals surface area contributed by atoms with Crippen LogP contribution in [0.25, 0.3) is 28.2 Å². The molecule has 8 nitrogen and oxygen atoms in total. The van der Waals surface area contributed by atoms with Gasteiger partial charge in [0.2, 0.25) is 5.75 Å². The first-order chi connectivity index (χ1) is 17.4. The number of rotatable bonds is 9. The fourth-order valence-electron chi connectivity index (χ4n) is 3.76. The minimum atomic E-state index is -1.16. The lowest BCUT2D eigenvalue weighted by Crippen LogP contribution is -2.11. The molecule has 0 amide bonds. The second kappa shape index (κ2) is 10.6. The van der Waals surface area contributed by atoms with E-state index < -0.39 is 12.6 Å². The molecule has 3 aromatic carbocycles. The zero-order chi connectivity index (χ0) is 25.8. The number of benzene rings is 3. The van der Waals surface area contributed by atoms with Crippen molar-refractivity contribution in [1.29, 1.82) is 0 Å². The number of halogens is 2. The van der Waals surface area contributed by atoms with Crippen LogP contribution in [0.15, 0.2) is 60.7 Å². The lowest BCUT2D eigenvalue weighted by atomic mass is 10.1. The number of aromatic nitrogens is 2. The van der Waals surface area contributed by atoms with Crippen LogP contribution in [0.1, 0.15) is 0 Å². The van der Waals surface area contributed by atoms with Crippen molar-refractivity contribution in [2.45, 2.75) is 0 Å². The highest BCUT2D eigenvalue weighted by Gasteiger charge is 2.26. The smallest absolute Gasteiger partial charge is 0.341 e. The third kappa shape index (κ3) is 4.92. The molecule has 0 unspecified atom stereocenters. The predicted molar refractivity (Wildman–Crippen MR) is 132 cm³/mol. The molecule has 1 aromatic heterocycles. The zero-order valence-electron chi connectivity index (χ0n) is 19.6. The van der Waals surface area contributed by atoms with Crippen molar-refractivity contribution >= 4 is 17.6 Å². The highest BCUT2D eigenvalue weighted by atomic mass is 35.5. The van der Waals surface area contributed by atoms with Gasteiger partial charge in [0.15, 0.2) is 18.1 Å². The summed E-state index contributed by atoms with van der Waals surface area (Å²) in [4.78, 5) is 11.3. The van der Waals surface area contributed by atoms with Gasteiger partial charge < -0.3 is 24.1 Å². The summed E-state index contributed by atoms with van der Waals surface area (Å²) >= 11 is 6.24. The molecule has 0 saturated heterocycles. The van der Waals surface area contributed by atoms with E-state index in [1.54, 1.807) is 41.1 Å². The maximum absolute atomic E-state index is 13.7. The molecule has 0 spiro atoms. The maximum Gasteiger partial charge on any atom is 0.341 e. The molecule has 4 rings (SSSR count). The molecule has 10 heteroatoms. The summed E-state index contributed by atoms with van der Waals surface area (Å²) in [5, 5.41) is 14.5. The van der Waals surface area contributed by atoms with Crippen LogP contribution in [0.5, 0.6) is 23.0 Å². The first-order valence-electron chi connectivity index (χ1n) is 10.7. The van der Waals surface area contributed by atoms with Crippen LogP contribution < -0.4 is 18.9 Å². The van der Waals surface area contributed by atoms with E-state index in [1.165, 1.54) is 39.5 Å². The van der Waals surface area contributed by atoms with Gasteiger partial charge in [0.05, 0.1) is 38.3 Å². The molecular formula is C26H22ClFN2O6. The number of ether oxygens (including phenoxy) is 4. The Hall–Kier alpha value is -4.24. The summed E-state index contributed by atoms with van der Waals surface area (Å²) in [5.74, 6) is -0.582. The standard InChI is InChI=1S/C26H22ClFN2O6/c1-33-22-13-21(36-14-23(31)32)24(26(35-3)25(22)34-2)19-12-20(15-7-9-17(28)10-8-15)30(29-19)18-6-4-5-16(27)11-18/h4-13H,14H2,1-3H3,(H,31,32). The Balaban J connectivity index is 2.01. The third-order valence-electron chi connectivity index (χ3n) is 5.30. The average Bonchev–Trinajstić information content (AvgIpc) is 3.31. The molecule has 0 aliphatic rings. The molecule has 1 heterocycles. The fraction of sp³-hybridized carbons (Fsp3) is 0.154. The van der Waals surface area contributed by atoms with E-state index >= 15 is 0 Å². The predicted octanol–water partition coefficient (Wildman–Crippen LogP) is 5.49. The fourth-order valence-corrected chi connectivity index (χ4v) is 3.95. The first kappa shape index (κ1) is 24.9. The summed E-state index contributed by atoms with van der Waals surface area (Å²) in [5.41, 5.74) is 2.68. The van der Waals surface area contributed by atoms with Gasteiger partial charge in [-0.2, -0.15) is 5.10 Å². The van der Waals surface area contributed by atoms with Crippen LogP contribution >= 0.6 is 11.6 Å². The molecule has 0 radical (unpaired) electrons. The Morgan fingerprint density at radius 1 is 0.972 bits per heavy atom. The van der Waals surface area contributed by atoms with E-state index in [4.69, 9.17) is 35.6 Å². The number of nitrogens with zero attached hydrogens (tertiary/aromatic N) is 2. The summed E-state index contributed by atoms with van der Waals surface area (Å²) in [7, 11) is 4.34. The normalized spacial score (nSPS) is 10.7. The van der Waals surface area contributed by atoms with E-state index in [0.29, 0.717) is 33.2 Å². The van der Waals surface area contributed by atoms with Crippen molar-refractivity contribution in [3.63, 3.8) is 0 Å². The second-order valence-electron chi connectivity index (χ2n) is 7.51. The summed E-state index contributed by atoms with van der Waals surface area (Å²) in [6.45, 7) is -0.606. The SMILES string of the molecule is COc1cc(OCC(=O)O)c(-c2cc(-c3ccc(F)cc3)n(-c3cccc(Cl)c3)n2)c(OC)c1OC. The number of hydrogen-bond donors (Lipinski definition) is 1. The molecular weight excluding hydrogens is 491 g/mol. The largest absolute Gasteiger partial charge is 0.493 e.